The highest BCUT2D eigenvalue weighted by Crippen LogP contribution is 2.36. The van der Waals surface area contributed by atoms with Crippen molar-refractivity contribution in [3.05, 3.63) is 96.6 Å². The Morgan fingerprint density at radius 3 is 1.34 bits per heavy atom. The van der Waals surface area contributed by atoms with Crippen molar-refractivity contribution in [3.8, 4) is 0 Å². The van der Waals surface area contributed by atoms with E-state index < -0.39 is 5.83 Å². The molecule has 0 aliphatic carbocycles. The van der Waals surface area contributed by atoms with Gasteiger partial charge in [-0.15, -0.1) is 0 Å². The standard InChI is InChI=1S/C32H22FN11/c33-15-9-28-38-30(42-24-5-1-16(34)11-20(24)21-12-17(35)2-6-25(21)42)40-32-41-31(39-29(10-15)44(28)32)43-26-7-3-18(36)13-22(26)23-14-19(37)4-8-27(23)43/h1-14H,34-37H2. The predicted molar refractivity (Wildman–Crippen MR) is 176 cm³/mol. The summed E-state index contributed by atoms with van der Waals surface area (Å²) in [6.07, 6.45) is 2.67. The van der Waals surface area contributed by atoms with E-state index in [1.807, 2.05) is 81.9 Å². The molecule has 5 heterocycles. The number of allylic oxidation sites excluding steroid dienone is 2. The molecule has 0 unspecified atom stereocenters. The van der Waals surface area contributed by atoms with E-state index in [1.165, 1.54) is 12.2 Å². The van der Waals surface area contributed by atoms with Crippen LogP contribution in [0.1, 0.15) is 0 Å². The van der Waals surface area contributed by atoms with Gasteiger partial charge in [0.25, 0.3) is 0 Å². The molecule has 12 heteroatoms. The van der Waals surface area contributed by atoms with Gasteiger partial charge in [-0.3, -0.25) is 9.13 Å². The third-order valence-corrected chi connectivity index (χ3v) is 8.05. The molecule has 0 amide bonds. The van der Waals surface area contributed by atoms with E-state index in [0.717, 1.165) is 43.6 Å². The summed E-state index contributed by atoms with van der Waals surface area (Å²) in [5, 5.41) is 3.56. The number of rotatable bonds is 0. The zero-order valence-electron chi connectivity index (χ0n) is 22.9. The largest absolute Gasteiger partial charge is 0.399 e. The van der Waals surface area contributed by atoms with Crippen molar-refractivity contribution < 1.29 is 4.39 Å². The second-order valence-electron chi connectivity index (χ2n) is 10.8. The van der Waals surface area contributed by atoms with Crippen LogP contribution >= 0.6 is 0 Å². The lowest BCUT2D eigenvalue weighted by molar-refractivity contribution is 0.629. The van der Waals surface area contributed by atoms with Gasteiger partial charge in [-0.2, -0.15) is 20.0 Å². The summed E-state index contributed by atoms with van der Waals surface area (Å²) >= 11 is 0. The van der Waals surface area contributed by atoms with Gasteiger partial charge in [-0.1, -0.05) is 0 Å². The number of halogens is 1. The first-order valence-corrected chi connectivity index (χ1v) is 13.8. The van der Waals surface area contributed by atoms with Gasteiger partial charge in [0, 0.05) is 56.4 Å². The van der Waals surface area contributed by atoms with Gasteiger partial charge in [0.15, 0.2) is 0 Å². The molecule has 2 aromatic heterocycles. The van der Waals surface area contributed by atoms with E-state index in [-0.39, 0.29) is 5.96 Å². The topological polar surface area (TPSA) is 167 Å². The Bertz CT molecular complexity index is 2260. The van der Waals surface area contributed by atoms with Gasteiger partial charge in [-0.25, -0.2) is 9.29 Å². The molecular formula is C32H22FN11. The summed E-state index contributed by atoms with van der Waals surface area (Å²) in [6.45, 7) is 0. The number of nitrogens with two attached hydrogens (primary N) is 4. The van der Waals surface area contributed by atoms with Crippen LogP contribution in [0, 0.1) is 0 Å². The van der Waals surface area contributed by atoms with E-state index >= 15 is 4.39 Å². The number of anilines is 4. The molecule has 44 heavy (non-hydrogen) atoms. The van der Waals surface area contributed by atoms with Crippen molar-refractivity contribution in [2.24, 2.45) is 20.0 Å². The van der Waals surface area contributed by atoms with Gasteiger partial charge < -0.3 is 22.9 Å². The highest BCUT2D eigenvalue weighted by molar-refractivity contribution is 6.25. The maximum absolute atomic E-state index is 15.1. The fraction of sp³-hybridized carbons (Fsp3) is 0. The number of aromatic nitrogens is 2. The van der Waals surface area contributed by atoms with Gasteiger partial charge in [0.05, 0.1) is 22.1 Å². The monoisotopic (exact) mass is 579 g/mol. The van der Waals surface area contributed by atoms with Crippen molar-refractivity contribution in [2.75, 3.05) is 22.9 Å². The second-order valence-corrected chi connectivity index (χ2v) is 10.8. The molecule has 11 nitrogen and oxygen atoms in total. The second kappa shape index (κ2) is 8.32. The van der Waals surface area contributed by atoms with Crippen molar-refractivity contribution in [1.82, 2.24) is 14.0 Å². The maximum Gasteiger partial charge on any atom is 0.243 e. The van der Waals surface area contributed by atoms with Crippen LogP contribution in [-0.2, 0) is 0 Å². The Hall–Kier alpha value is -6.43. The highest BCUT2D eigenvalue weighted by atomic mass is 19.1. The minimum absolute atomic E-state index is 0.284. The summed E-state index contributed by atoms with van der Waals surface area (Å²) in [7, 11) is 0. The lowest BCUT2D eigenvalue weighted by Gasteiger charge is -2.32. The van der Waals surface area contributed by atoms with E-state index in [2.05, 4.69) is 0 Å². The van der Waals surface area contributed by atoms with Gasteiger partial charge >= 0.3 is 0 Å². The van der Waals surface area contributed by atoms with Crippen molar-refractivity contribution >= 4 is 90.1 Å². The highest BCUT2D eigenvalue weighted by Gasteiger charge is 2.34. The molecule has 6 aromatic rings. The fourth-order valence-electron chi connectivity index (χ4n) is 6.21. The molecule has 212 valence electrons. The Balaban J connectivity index is 1.32. The smallest absolute Gasteiger partial charge is 0.243 e. The van der Waals surface area contributed by atoms with Crippen LogP contribution in [0.4, 0.5) is 27.1 Å². The molecule has 9 rings (SSSR count). The Morgan fingerprint density at radius 1 is 0.477 bits per heavy atom. The molecule has 3 aliphatic rings. The Morgan fingerprint density at radius 2 is 0.886 bits per heavy atom. The molecule has 0 saturated heterocycles. The lowest BCUT2D eigenvalue weighted by Crippen LogP contribution is -2.43. The number of fused-ring (bicyclic) bond motifs is 6. The number of nitrogens with zero attached hydrogens (tertiary/aromatic N) is 7. The van der Waals surface area contributed by atoms with Crippen molar-refractivity contribution in [2.45, 2.75) is 0 Å². The van der Waals surface area contributed by atoms with Crippen LogP contribution in [0.5, 0.6) is 0 Å². The quantitative estimate of drug-likeness (QED) is 0.183. The first-order chi connectivity index (χ1) is 21.3. The van der Waals surface area contributed by atoms with E-state index in [9.17, 15) is 0 Å². The predicted octanol–water partition coefficient (Wildman–Crippen LogP) is 5.13. The zero-order valence-corrected chi connectivity index (χ0v) is 22.9. The molecule has 0 radical (unpaired) electrons. The van der Waals surface area contributed by atoms with Gasteiger partial charge in [-0.05, 0) is 72.8 Å². The molecule has 0 atom stereocenters. The lowest BCUT2D eigenvalue weighted by atomic mass is 10.1. The summed E-state index contributed by atoms with van der Waals surface area (Å²) in [4.78, 5) is 21.0. The summed E-state index contributed by atoms with van der Waals surface area (Å²) < 4.78 is 18.9. The number of nitrogen functional groups attached to an aromatic ring is 4. The third-order valence-electron chi connectivity index (χ3n) is 8.05. The molecule has 0 saturated carbocycles. The molecule has 3 aliphatic heterocycles. The van der Waals surface area contributed by atoms with Crippen molar-refractivity contribution in [1.29, 1.82) is 0 Å². The van der Waals surface area contributed by atoms with Crippen molar-refractivity contribution in [3.63, 3.8) is 0 Å². The minimum atomic E-state index is -0.494. The van der Waals surface area contributed by atoms with E-state index in [0.29, 0.717) is 46.3 Å². The molecule has 8 N–H and O–H groups in total. The normalized spacial score (nSPS) is 16.1. The van der Waals surface area contributed by atoms with Crippen LogP contribution < -0.4 is 22.9 Å². The van der Waals surface area contributed by atoms with Gasteiger partial charge in [0.1, 0.15) is 17.5 Å². The molecule has 0 bridgehead atoms. The van der Waals surface area contributed by atoms with Crippen LogP contribution in [0.3, 0.4) is 0 Å². The summed E-state index contributed by atoms with van der Waals surface area (Å²) in [5.74, 6) is 1.00. The number of aliphatic imine (C=N–C) groups is 4. The van der Waals surface area contributed by atoms with Gasteiger partial charge in [0.2, 0.25) is 17.9 Å². The van der Waals surface area contributed by atoms with E-state index in [4.69, 9.17) is 42.9 Å². The number of hydrogen-bond acceptors (Lipinski definition) is 9. The summed E-state index contributed by atoms with van der Waals surface area (Å²) in [5.41, 5.74) is 30.3. The third kappa shape index (κ3) is 3.30. The average molecular weight is 580 g/mol. The number of hydrogen-bond donors (Lipinski definition) is 4. The average Bonchev–Trinajstić information content (AvgIpc) is 3.48. The van der Waals surface area contributed by atoms with Crippen LogP contribution in [0.15, 0.2) is 117 Å². The Kier molecular flexibility index (Phi) is 4.58. The fourth-order valence-corrected chi connectivity index (χ4v) is 6.21. The number of guanidine groups is 1. The molecule has 0 fully saturated rings. The zero-order chi connectivity index (χ0) is 29.9. The Labute approximate surface area is 247 Å². The molecule has 4 aromatic carbocycles. The SMILES string of the molecule is Nc1ccc2c(c1)c1cc(N)ccc1n2C1=NC2=CC(F)=CC3=NC(n4c5ccc(N)cc5c5cc(N)ccc54)=NC(=N1)N23. The van der Waals surface area contributed by atoms with Crippen LogP contribution in [0.2, 0.25) is 0 Å². The van der Waals surface area contributed by atoms with E-state index in [1.54, 1.807) is 4.90 Å². The number of amidine groups is 1. The molecular weight excluding hydrogens is 557 g/mol. The maximum atomic E-state index is 15.1. The summed E-state index contributed by atoms with van der Waals surface area (Å²) in [6, 6.07) is 22.4. The minimum Gasteiger partial charge on any atom is -0.399 e. The number of benzene rings is 4. The first-order valence-electron chi connectivity index (χ1n) is 13.8. The molecule has 0 spiro atoms. The van der Waals surface area contributed by atoms with Crippen LogP contribution in [-0.4, -0.2) is 37.7 Å². The van der Waals surface area contributed by atoms with Crippen LogP contribution in [0.25, 0.3) is 43.6 Å². The first kappa shape index (κ1) is 24.2.